The van der Waals surface area contributed by atoms with E-state index in [9.17, 15) is 9.90 Å². The maximum atomic E-state index is 12.4. The predicted molar refractivity (Wildman–Crippen MR) is 91.9 cm³/mol. The SMILES string of the molecule is COc1ccc([C@@H](NC(=O)CCCn2cccn2)C2CC(O)C2)cn1. The van der Waals surface area contributed by atoms with Gasteiger partial charge in [-0.25, -0.2) is 4.98 Å². The maximum absolute atomic E-state index is 12.4. The number of aliphatic hydroxyl groups excluding tert-OH is 1. The molecule has 1 fully saturated rings. The summed E-state index contributed by atoms with van der Waals surface area (Å²) in [6.07, 6.45) is 7.65. The lowest BCUT2D eigenvalue weighted by molar-refractivity contribution is -0.123. The molecular weight excluding hydrogens is 320 g/mol. The molecule has 2 N–H and O–H groups in total. The summed E-state index contributed by atoms with van der Waals surface area (Å²) in [5.41, 5.74) is 0.943. The lowest BCUT2D eigenvalue weighted by Crippen LogP contribution is -2.41. The minimum absolute atomic E-state index is 0.00867. The number of aryl methyl sites for hydroxylation is 1. The molecular formula is C18H24N4O3. The molecule has 7 nitrogen and oxygen atoms in total. The normalized spacial score (nSPS) is 20.6. The van der Waals surface area contributed by atoms with Gasteiger partial charge in [0, 0.05) is 37.6 Å². The van der Waals surface area contributed by atoms with Gasteiger partial charge in [0.05, 0.1) is 19.3 Å². The predicted octanol–water partition coefficient (Wildman–Crippen LogP) is 1.70. The molecule has 2 aromatic rings. The van der Waals surface area contributed by atoms with E-state index in [-0.39, 0.29) is 24.0 Å². The van der Waals surface area contributed by atoms with E-state index in [0.29, 0.717) is 25.1 Å². The van der Waals surface area contributed by atoms with Crippen LogP contribution in [0.4, 0.5) is 0 Å². The summed E-state index contributed by atoms with van der Waals surface area (Å²) in [4.78, 5) is 16.6. The van der Waals surface area contributed by atoms with Gasteiger partial charge in [-0.1, -0.05) is 6.07 Å². The average molecular weight is 344 g/mol. The Bertz CT molecular complexity index is 666. The van der Waals surface area contributed by atoms with Gasteiger partial charge in [-0.15, -0.1) is 0 Å². The Morgan fingerprint density at radius 1 is 1.48 bits per heavy atom. The van der Waals surface area contributed by atoms with Gasteiger partial charge in [0.1, 0.15) is 0 Å². The van der Waals surface area contributed by atoms with Crippen LogP contribution in [0.2, 0.25) is 0 Å². The Kier molecular flexibility index (Phi) is 5.65. The molecule has 134 valence electrons. The van der Waals surface area contributed by atoms with Gasteiger partial charge in [-0.05, 0) is 36.8 Å². The standard InChI is InChI=1S/C18H24N4O3/c1-25-17-6-5-13(12-19-17)18(14-10-15(23)11-14)21-16(24)4-2-8-22-9-3-7-20-22/h3,5-7,9,12,14-15,18,23H,2,4,8,10-11H2,1H3,(H,21,24)/t14?,15?,18-/m1/s1. The Morgan fingerprint density at radius 2 is 2.32 bits per heavy atom. The number of nitrogens with one attached hydrogen (secondary N) is 1. The Morgan fingerprint density at radius 3 is 2.92 bits per heavy atom. The van der Waals surface area contributed by atoms with Crippen LogP contribution < -0.4 is 10.1 Å². The molecule has 1 saturated carbocycles. The van der Waals surface area contributed by atoms with Gasteiger partial charge in [-0.3, -0.25) is 9.48 Å². The van der Waals surface area contributed by atoms with Crippen molar-refractivity contribution < 1.29 is 14.6 Å². The highest BCUT2D eigenvalue weighted by Gasteiger charge is 2.35. The van der Waals surface area contributed by atoms with E-state index in [1.807, 2.05) is 23.0 Å². The van der Waals surface area contributed by atoms with Crippen molar-refractivity contribution in [2.45, 2.75) is 44.4 Å². The molecule has 1 aliphatic rings. The highest BCUT2D eigenvalue weighted by molar-refractivity contribution is 5.76. The van der Waals surface area contributed by atoms with E-state index < -0.39 is 0 Å². The second-order valence-electron chi connectivity index (χ2n) is 6.44. The number of nitrogens with zero attached hydrogens (tertiary/aromatic N) is 3. The second kappa shape index (κ2) is 8.11. The summed E-state index contributed by atoms with van der Waals surface area (Å²) in [7, 11) is 1.57. The molecule has 0 radical (unpaired) electrons. The summed E-state index contributed by atoms with van der Waals surface area (Å²) in [5.74, 6) is 0.788. The lowest BCUT2D eigenvalue weighted by Gasteiger charge is -2.38. The van der Waals surface area contributed by atoms with Gasteiger partial charge < -0.3 is 15.2 Å². The van der Waals surface area contributed by atoms with Gasteiger partial charge in [0.15, 0.2) is 0 Å². The number of carbonyl (C=O) groups is 1. The third-order valence-corrected chi connectivity index (χ3v) is 4.62. The number of ether oxygens (including phenoxy) is 1. The molecule has 0 bridgehead atoms. The summed E-state index contributed by atoms with van der Waals surface area (Å²) in [6, 6.07) is 5.46. The van der Waals surface area contributed by atoms with E-state index in [1.54, 1.807) is 25.6 Å². The maximum Gasteiger partial charge on any atom is 0.220 e. The van der Waals surface area contributed by atoms with Crippen LogP contribution in [-0.4, -0.2) is 39.0 Å². The van der Waals surface area contributed by atoms with Crippen LogP contribution in [0.15, 0.2) is 36.8 Å². The fourth-order valence-corrected chi connectivity index (χ4v) is 3.15. The molecule has 1 atom stereocenters. The van der Waals surface area contributed by atoms with Crippen molar-refractivity contribution in [3.8, 4) is 5.88 Å². The molecule has 0 spiro atoms. The van der Waals surface area contributed by atoms with E-state index >= 15 is 0 Å². The van der Waals surface area contributed by atoms with Crippen molar-refractivity contribution in [2.75, 3.05) is 7.11 Å². The van der Waals surface area contributed by atoms with E-state index in [1.165, 1.54) is 0 Å². The zero-order valence-corrected chi connectivity index (χ0v) is 14.3. The van der Waals surface area contributed by atoms with Crippen LogP contribution in [0.1, 0.15) is 37.3 Å². The number of hydrogen-bond acceptors (Lipinski definition) is 5. The molecule has 0 saturated heterocycles. The minimum atomic E-state index is -0.268. The van der Waals surface area contributed by atoms with E-state index in [2.05, 4.69) is 15.4 Å². The highest BCUT2D eigenvalue weighted by Crippen LogP contribution is 2.38. The molecule has 25 heavy (non-hydrogen) atoms. The smallest absolute Gasteiger partial charge is 0.220 e. The first-order valence-electron chi connectivity index (χ1n) is 8.60. The number of carbonyl (C=O) groups excluding carboxylic acids is 1. The zero-order chi connectivity index (χ0) is 17.6. The number of aromatic nitrogens is 3. The molecule has 1 aliphatic carbocycles. The van der Waals surface area contributed by atoms with Crippen LogP contribution >= 0.6 is 0 Å². The quantitative estimate of drug-likeness (QED) is 0.761. The third kappa shape index (κ3) is 4.57. The van der Waals surface area contributed by atoms with E-state index in [4.69, 9.17) is 4.74 Å². The van der Waals surface area contributed by atoms with Crippen LogP contribution in [0, 0.1) is 5.92 Å². The first-order valence-corrected chi connectivity index (χ1v) is 8.60. The van der Waals surface area contributed by atoms with Crippen molar-refractivity contribution in [3.05, 3.63) is 42.4 Å². The fraction of sp³-hybridized carbons (Fsp3) is 0.500. The number of rotatable bonds is 8. The topological polar surface area (TPSA) is 89.3 Å². The van der Waals surface area contributed by atoms with Crippen molar-refractivity contribution in [3.63, 3.8) is 0 Å². The molecule has 2 heterocycles. The van der Waals surface area contributed by atoms with Crippen molar-refractivity contribution >= 4 is 5.91 Å². The van der Waals surface area contributed by atoms with E-state index in [0.717, 1.165) is 18.5 Å². The molecule has 0 unspecified atom stereocenters. The first kappa shape index (κ1) is 17.4. The van der Waals surface area contributed by atoms with Crippen molar-refractivity contribution in [2.24, 2.45) is 5.92 Å². The third-order valence-electron chi connectivity index (χ3n) is 4.62. The zero-order valence-electron chi connectivity index (χ0n) is 14.3. The Balaban J connectivity index is 1.57. The summed E-state index contributed by atoms with van der Waals surface area (Å²) >= 11 is 0. The summed E-state index contributed by atoms with van der Waals surface area (Å²) < 4.78 is 6.91. The van der Waals surface area contributed by atoms with Crippen LogP contribution in [-0.2, 0) is 11.3 Å². The molecule has 7 heteroatoms. The summed E-state index contributed by atoms with van der Waals surface area (Å²) in [6.45, 7) is 0.720. The molecule has 0 aromatic carbocycles. The average Bonchev–Trinajstić information content (AvgIpc) is 3.11. The van der Waals surface area contributed by atoms with Crippen LogP contribution in [0.5, 0.6) is 5.88 Å². The monoisotopic (exact) mass is 344 g/mol. The molecule has 0 aliphatic heterocycles. The summed E-state index contributed by atoms with van der Waals surface area (Å²) in [5, 5.41) is 16.9. The number of methoxy groups -OCH3 is 1. The van der Waals surface area contributed by atoms with Crippen LogP contribution in [0.25, 0.3) is 0 Å². The fourth-order valence-electron chi connectivity index (χ4n) is 3.15. The number of amides is 1. The number of hydrogen-bond donors (Lipinski definition) is 2. The molecule has 1 amide bonds. The lowest BCUT2D eigenvalue weighted by atomic mass is 9.75. The minimum Gasteiger partial charge on any atom is -0.481 e. The van der Waals surface area contributed by atoms with Crippen LogP contribution in [0.3, 0.4) is 0 Å². The molecule has 2 aromatic heterocycles. The highest BCUT2D eigenvalue weighted by atomic mass is 16.5. The van der Waals surface area contributed by atoms with Gasteiger partial charge in [0.25, 0.3) is 0 Å². The van der Waals surface area contributed by atoms with Crippen molar-refractivity contribution in [1.82, 2.24) is 20.1 Å². The number of aliphatic hydroxyl groups is 1. The van der Waals surface area contributed by atoms with Gasteiger partial charge in [0.2, 0.25) is 11.8 Å². The van der Waals surface area contributed by atoms with Gasteiger partial charge in [-0.2, -0.15) is 5.10 Å². The van der Waals surface area contributed by atoms with Gasteiger partial charge >= 0.3 is 0 Å². The first-order chi connectivity index (χ1) is 12.2. The Labute approximate surface area is 147 Å². The second-order valence-corrected chi connectivity index (χ2v) is 6.44. The Hall–Kier alpha value is -2.41. The largest absolute Gasteiger partial charge is 0.481 e. The number of pyridine rings is 1. The molecule has 3 rings (SSSR count). The van der Waals surface area contributed by atoms with Crippen molar-refractivity contribution in [1.29, 1.82) is 0 Å².